The molecule has 6 nitrogen and oxygen atoms in total. The van der Waals surface area contributed by atoms with Crippen LogP contribution in [0.3, 0.4) is 0 Å². The van der Waals surface area contributed by atoms with Gasteiger partial charge in [-0.05, 0) is 62.6 Å². The monoisotopic (exact) mass is 390 g/mol. The third-order valence-corrected chi connectivity index (χ3v) is 5.41. The van der Waals surface area contributed by atoms with Crippen LogP contribution in [0, 0.1) is 27.7 Å². The van der Waals surface area contributed by atoms with Gasteiger partial charge >= 0.3 is 5.63 Å². The fourth-order valence-electron chi connectivity index (χ4n) is 3.75. The van der Waals surface area contributed by atoms with Crippen molar-refractivity contribution in [3.63, 3.8) is 0 Å². The predicted octanol–water partition coefficient (Wildman–Crippen LogP) is 4.03. The molecule has 1 aromatic carbocycles. The smallest absolute Gasteiger partial charge is 0.340 e. The zero-order chi connectivity index (χ0) is 20.7. The van der Waals surface area contributed by atoms with Gasteiger partial charge in [-0.3, -0.25) is 9.78 Å². The maximum Gasteiger partial charge on any atom is 0.340 e. The Morgan fingerprint density at radius 3 is 2.59 bits per heavy atom. The van der Waals surface area contributed by atoms with Gasteiger partial charge < -0.3 is 14.2 Å². The van der Waals surface area contributed by atoms with E-state index in [1.165, 1.54) is 0 Å². The summed E-state index contributed by atoms with van der Waals surface area (Å²) in [5.41, 5.74) is 4.54. The van der Waals surface area contributed by atoms with Crippen molar-refractivity contribution in [3.8, 4) is 0 Å². The summed E-state index contributed by atoms with van der Waals surface area (Å²) in [5.74, 6) is 0.566. The molecule has 0 radical (unpaired) electrons. The molecule has 4 rings (SSSR count). The Bertz CT molecular complexity index is 1300. The first kappa shape index (κ1) is 18.9. The van der Waals surface area contributed by atoms with Crippen LogP contribution in [0.2, 0.25) is 0 Å². The van der Waals surface area contributed by atoms with Crippen LogP contribution >= 0.6 is 0 Å². The fourth-order valence-corrected chi connectivity index (χ4v) is 3.75. The molecule has 0 unspecified atom stereocenters. The highest BCUT2D eigenvalue weighted by molar-refractivity contribution is 6.07. The molecule has 0 aliphatic rings. The third kappa shape index (κ3) is 3.31. The van der Waals surface area contributed by atoms with E-state index in [1.807, 2.05) is 52.0 Å². The Morgan fingerprint density at radius 2 is 1.86 bits per heavy atom. The number of hydrogen-bond acceptors (Lipinski definition) is 5. The number of benzene rings is 1. The number of amides is 1. The van der Waals surface area contributed by atoms with Crippen molar-refractivity contribution in [1.82, 2.24) is 10.3 Å². The lowest BCUT2D eigenvalue weighted by atomic mass is 9.98. The maximum absolute atomic E-state index is 12.6. The van der Waals surface area contributed by atoms with Gasteiger partial charge in [0.2, 0.25) is 5.91 Å². The molecule has 29 heavy (non-hydrogen) atoms. The average Bonchev–Trinajstić information content (AvgIpc) is 2.99. The molecule has 1 amide bonds. The van der Waals surface area contributed by atoms with E-state index in [0.717, 1.165) is 33.4 Å². The van der Waals surface area contributed by atoms with Gasteiger partial charge in [0, 0.05) is 11.6 Å². The largest absolute Gasteiger partial charge is 0.460 e. The minimum Gasteiger partial charge on any atom is -0.460 e. The molecule has 0 fully saturated rings. The van der Waals surface area contributed by atoms with Gasteiger partial charge in [-0.15, -0.1) is 0 Å². The molecule has 3 aromatic heterocycles. The van der Waals surface area contributed by atoms with Crippen LogP contribution in [0.25, 0.3) is 21.9 Å². The molecule has 0 spiro atoms. The molecule has 0 saturated carbocycles. The van der Waals surface area contributed by atoms with E-state index in [-0.39, 0.29) is 12.3 Å². The summed E-state index contributed by atoms with van der Waals surface area (Å²) < 4.78 is 11.6. The molecule has 0 bridgehead atoms. The molecule has 4 aromatic rings. The second kappa shape index (κ2) is 7.20. The van der Waals surface area contributed by atoms with Gasteiger partial charge in [-0.25, -0.2) is 4.79 Å². The lowest BCUT2D eigenvalue weighted by Crippen LogP contribution is -2.27. The topological polar surface area (TPSA) is 85.3 Å². The van der Waals surface area contributed by atoms with Crippen LogP contribution in [0.4, 0.5) is 0 Å². The van der Waals surface area contributed by atoms with Gasteiger partial charge in [-0.2, -0.15) is 0 Å². The molecule has 0 aliphatic carbocycles. The Morgan fingerprint density at radius 1 is 1.07 bits per heavy atom. The highest BCUT2D eigenvalue weighted by Crippen LogP contribution is 2.36. The summed E-state index contributed by atoms with van der Waals surface area (Å²) in [6.07, 6.45) is 1.61. The Labute approximate surface area is 167 Å². The molecule has 0 atom stereocenters. The van der Waals surface area contributed by atoms with Crippen molar-refractivity contribution in [1.29, 1.82) is 0 Å². The lowest BCUT2D eigenvalue weighted by Gasteiger charge is -2.10. The van der Waals surface area contributed by atoms with Crippen molar-refractivity contribution >= 4 is 27.8 Å². The quantitative estimate of drug-likeness (QED) is 0.532. The molecule has 1 N–H and O–H groups in total. The van der Waals surface area contributed by atoms with Gasteiger partial charge in [0.15, 0.2) is 0 Å². The molecule has 6 heteroatoms. The fraction of sp³-hybridized carbons (Fsp3) is 0.261. The second-order valence-electron chi connectivity index (χ2n) is 7.32. The third-order valence-electron chi connectivity index (χ3n) is 5.41. The molecule has 148 valence electrons. The van der Waals surface area contributed by atoms with Crippen molar-refractivity contribution < 1.29 is 13.6 Å². The first-order valence-corrected chi connectivity index (χ1v) is 9.49. The second-order valence-corrected chi connectivity index (χ2v) is 7.32. The summed E-state index contributed by atoms with van der Waals surface area (Å²) >= 11 is 0. The van der Waals surface area contributed by atoms with E-state index in [4.69, 9.17) is 8.83 Å². The van der Waals surface area contributed by atoms with E-state index >= 15 is 0 Å². The number of carbonyl (C=O) groups is 1. The van der Waals surface area contributed by atoms with Gasteiger partial charge in [-0.1, -0.05) is 6.07 Å². The standard InChI is InChI=1S/C23H22N2O4/c1-12-9-18-21(22-20(12)13(2)15(4)28-22)14(3)17(23(27)29-18)10-19(26)25-11-16-7-5-6-8-24-16/h5-9H,10-11H2,1-4H3,(H,25,26). The van der Waals surface area contributed by atoms with E-state index < -0.39 is 5.63 Å². The zero-order valence-corrected chi connectivity index (χ0v) is 16.9. The van der Waals surface area contributed by atoms with Gasteiger partial charge in [0.05, 0.1) is 29.6 Å². The highest BCUT2D eigenvalue weighted by Gasteiger charge is 2.21. The Hall–Kier alpha value is -3.41. The van der Waals surface area contributed by atoms with E-state index in [1.54, 1.807) is 6.20 Å². The summed E-state index contributed by atoms with van der Waals surface area (Å²) in [4.78, 5) is 29.2. The van der Waals surface area contributed by atoms with Crippen molar-refractivity contribution in [2.24, 2.45) is 0 Å². The number of fused-ring (bicyclic) bond motifs is 3. The van der Waals surface area contributed by atoms with Crippen LogP contribution in [-0.2, 0) is 17.8 Å². The summed E-state index contributed by atoms with van der Waals surface area (Å²) in [5, 5.41) is 4.57. The van der Waals surface area contributed by atoms with Gasteiger partial charge in [0.25, 0.3) is 0 Å². The SMILES string of the molecule is Cc1oc2c(c(C)cc3oc(=O)c(CC(=O)NCc4ccccn4)c(C)c32)c1C. The predicted molar refractivity (Wildman–Crippen MR) is 111 cm³/mol. The van der Waals surface area contributed by atoms with Crippen LogP contribution in [0.15, 0.2) is 44.1 Å². The number of nitrogens with one attached hydrogen (secondary N) is 1. The highest BCUT2D eigenvalue weighted by atomic mass is 16.4. The van der Waals surface area contributed by atoms with Crippen LogP contribution in [0.1, 0.15) is 33.7 Å². The van der Waals surface area contributed by atoms with E-state index in [0.29, 0.717) is 28.8 Å². The summed E-state index contributed by atoms with van der Waals surface area (Å²) in [6.45, 7) is 8.04. The number of carbonyl (C=O) groups excluding carboxylic acids is 1. The van der Waals surface area contributed by atoms with Crippen LogP contribution < -0.4 is 10.9 Å². The minimum atomic E-state index is -0.498. The van der Waals surface area contributed by atoms with Gasteiger partial charge in [0.1, 0.15) is 16.9 Å². The normalized spacial score (nSPS) is 11.3. The number of nitrogens with zero attached hydrogens (tertiary/aromatic N) is 1. The molecule has 0 aliphatic heterocycles. The first-order chi connectivity index (χ1) is 13.9. The number of rotatable bonds is 4. The van der Waals surface area contributed by atoms with Crippen molar-refractivity contribution in [3.05, 3.63) is 74.6 Å². The summed E-state index contributed by atoms with van der Waals surface area (Å²) in [6, 6.07) is 7.36. The maximum atomic E-state index is 12.6. The number of aromatic nitrogens is 1. The van der Waals surface area contributed by atoms with E-state index in [2.05, 4.69) is 10.3 Å². The minimum absolute atomic E-state index is 0.0645. The van der Waals surface area contributed by atoms with Crippen molar-refractivity contribution in [2.75, 3.05) is 0 Å². The number of hydrogen-bond donors (Lipinski definition) is 1. The van der Waals surface area contributed by atoms with Crippen LogP contribution in [-0.4, -0.2) is 10.9 Å². The van der Waals surface area contributed by atoms with Crippen molar-refractivity contribution in [2.45, 2.75) is 40.7 Å². The Kier molecular flexibility index (Phi) is 4.70. The van der Waals surface area contributed by atoms with E-state index in [9.17, 15) is 9.59 Å². The number of furan rings is 1. The molecular formula is C23H22N2O4. The molecule has 0 saturated heterocycles. The summed E-state index contributed by atoms with van der Waals surface area (Å²) in [7, 11) is 0. The Balaban J connectivity index is 1.74. The average molecular weight is 390 g/mol. The lowest BCUT2D eigenvalue weighted by molar-refractivity contribution is -0.120. The first-order valence-electron chi connectivity index (χ1n) is 9.49. The number of aryl methyl sites for hydroxylation is 4. The molecule has 3 heterocycles. The van der Waals surface area contributed by atoms with Crippen LogP contribution in [0.5, 0.6) is 0 Å². The molecular weight excluding hydrogens is 368 g/mol. The number of pyridine rings is 1. The zero-order valence-electron chi connectivity index (χ0n) is 16.9.